The zero-order valence-corrected chi connectivity index (χ0v) is 14.6. The monoisotopic (exact) mass is 376 g/mol. The highest BCUT2D eigenvalue weighted by Gasteiger charge is 2.36. The first kappa shape index (κ1) is 17.0. The number of piperidine rings is 1. The molecule has 2 bridgehead atoms. The Morgan fingerprint density at radius 3 is 2.65 bits per heavy atom. The van der Waals surface area contributed by atoms with E-state index in [2.05, 4.69) is 20.0 Å². The Labute approximate surface area is 145 Å². The maximum absolute atomic E-state index is 12.7. The number of halogens is 2. The number of rotatable bonds is 3. The summed E-state index contributed by atoms with van der Waals surface area (Å²) in [7, 11) is -3.62. The molecule has 126 valence electrons. The molecule has 2 unspecified atom stereocenters. The van der Waals surface area contributed by atoms with E-state index >= 15 is 0 Å². The molecule has 0 radical (unpaired) electrons. The third-order valence-corrected chi connectivity index (χ3v) is 6.43. The predicted octanol–water partition coefficient (Wildman–Crippen LogP) is 2.20. The summed E-state index contributed by atoms with van der Waals surface area (Å²) in [5.41, 5.74) is 0.484. The average molecular weight is 377 g/mol. The molecule has 2 aliphatic heterocycles. The van der Waals surface area contributed by atoms with Gasteiger partial charge < -0.3 is 10.3 Å². The van der Waals surface area contributed by atoms with Crippen molar-refractivity contribution >= 4 is 45.1 Å². The average Bonchev–Trinajstić information content (AvgIpc) is 3.03. The zero-order chi connectivity index (χ0) is 15.3. The molecular formula is C14H18Cl2N4O2S. The number of hydrogen-bond donors (Lipinski definition) is 3. The van der Waals surface area contributed by atoms with E-state index in [4.69, 9.17) is 11.6 Å². The first-order valence-electron chi connectivity index (χ1n) is 7.43. The molecule has 2 aliphatic rings. The maximum atomic E-state index is 12.7. The van der Waals surface area contributed by atoms with Gasteiger partial charge in [0, 0.05) is 30.5 Å². The standard InChI is InChI=1S/C14H17ClN4O2S.ClH/c15-11-3-4-16-14-13(11)12(7-17-14)22(20,21)19-10-5-8-1-2-9(6-10)18-8;/h3-4,7-10,18-19H,1-2,5-6H2,(H,16,17);1H. The number of nitrogens with one attached hydrogen (secondary N) is 3. The number of H-pyrrole nitrogens is 1. The summed E-state index contributed by atoms with van der Waals surface area (Å²) in [5, 5.41) is 4.35. The van der Waals surface area contributed by atoms with E-state index < -0.39 is 10.0 Å². The van der Waals surface area contributed by atoms with Gasteiger partial charge in [-0.2, -0.15) is 0 Å². The van der Waals surface area contributed by atoms with Gasteiger partial charge in [-0.1, -0.05) is 11.6 Å². The Morgan fingerprint density at radius 1 is 1.26 bits per heavy atom. The minimum Gasteiger partial charge on any atom is -0.345 e. The first-order chi connectivity index (χ1) is 10.5. The van der Waals surface area contributed by atoms with E-state index in [0.717, 1.165) is 25.7 Å². The summed E-state index contributed by atoms with van der Waals surface area (Å²) in [5.74, 6) is 0. The Balaban J connectivity index is 0.00000156. The Bertz CT molecular complexity index is 811. The molecule has 2 saturated heterocycles. The van der Waals surface area contributed by atoms with Crippen LogP contribution in [0.2, 0.25) is 5.02 Å². The van der Waals surface area contributed by atoms with E-state index in [1.165, 1.54) is 6.20 Å². The summed E-state index contributed by atoms with van der Waals surface area (Å²) in [4.78, 5) is 7.16. The van der Waals surface area contributed by atoms with Gasteiger partial charge in [-0.05, 0) is 31.7 Å². The molecule has 2 aromatic heterocycles. The van der Waals surface area contributed by atoms with Crippen LogP contribution in [-0.4, -0.2) is 36.5 Å². The van der Waals surface area contributed by atoms with Crippen LogP contribution in [0.5, 0.6) is 0 Å². The summed E-state index contributed by atoms with van der Waals surface area (Å²) >= 11 is 6.15. The van der Waals surface area contributed by atoms with Crippen LogP contribution >= 0.6 is 24.0 Å². The number of aromatic nitrogens is 2. The molecule has 0 aliphatic carbocycles. The lowest BCUT2D eigenvalue weighted by Gasteiger charge is -2.29. The summed E-state index contributed by atoms with van der Waals surface area (Å²) < 4.78 is 28.3. The van der Waals surface area contributed by atoms with Crippen LogP contribution in [0.25, 0.3) is 11.0 Å². The van der Waals surface area contributed by atoms with Crippen molar-refractivity contribution in [1.29, 1.82) is 0 Å². The van der Waals surface area contributed by atoms with Crippen molar-refractivity contribution in [3.8, 4) is 0 Å². The van der Waals surface area contributed by atoms with Gasteiger partial charge in [0.15, 0.2) is 0 Å². The molecule has 0 spiro atoms. The van der Waals surface area contributed by atoms with E-state index in [1.54, 1.807) is 12.3 Å². The highest BCUT2D eigenvalue weighted by atomic mass is 35.5. The number of sulfonamides is 1. The van der Waals surface area contributed by atoms with Crippen molar-refractivity contribution in [2.24, 2.45) is 0 Å². The normalized spacial score (nSPS) is 27.1. The predicted molar refractivity (Wildman–Crippen MR) is 91.6 cm³/mol. The summed E-state index contributed by atoms with van der Waals surface area (Å²) in [6.07, 6.45) is 6.95. The minimum atomic E-state index is -3.62. The molecule has 2 fully saturated rings. The molecule has 4 rings (SSSR count). The maximum Gasteiger partial charge on any atom is 0.243 e. The third kappa shape index (κ3) is 3.08. The molecule has 2 atom stereocenters. The molecule has 3 N–H and O–H groups in total. The van der Waals surface area contributed by atoms with Gasteiger partial charge in [-0.25, -0.2) is 18.1 Å². The Hall–Kier alpha value is -0.860. The minimum absolute atomic E-state index is 0. The molecule has 0 amide bonds. The largest absolute Gasteiger partial charge is 0.345 e. The first-order valence-corrected chi connectivity index (χ1v) is 9.29. The SMILES string of the molecule is Cl.O=S(=O)(NC1CC2CCC(C1)N2)c1c[nH]c2nccc(Cl)c12. The molecular weight excluding hydrogens is 359 g/mol. The molecule has 6 nitrogen and oxygen atoms in total. The number of fused-ring (bicyclic) bond motifs is 3. The van der Waals surface area contributed by atoms with Crippen LogP contribution in [0.3, 0.4) is 0 Å². The Kier molecular flexibility index (Phi) is 4.59. The van der Waals surface area contributed by atoms with Crippen molar-refractivity contribution < 1.29 is 8.42 Å². The van der Waals surface area contributed by atoms with Gasteiger partial charge in [-0.15, -0.1) is 12.4 Å². The second-order valence-corrected chi connectivity index (χ2v) is 8.19. The fourth-order valence-electron chi connectivity index (χ4n) is 3.64. The number of nitrogens with zero attached hydrogens (tertiary/aromatic N) is 1. The van der Waals surface area contributed by atoms with Crippen LogP contribution in [0.1, 0.15) is 25.7 Å². The van der Waals surface area contributed by atoms with Crippen molar-refractivity contribution in [1.82, 2.24) is 20.0 Å². The molecule has 4 heterocycles. The second-order valence-electron chi connectivity index (χ2n) is 6.10. The lowest BCUT2D eigenvalue weighted by molar-refractivity contribution is 0.345. The number of pyridine rings is 1. The van der Waals surface area contributed by atoms with Crippen LogP contribution in [0.4, 0.5) is 0 Å². The molecule has 2 aromatic rings. The fraction of sp³-hybridized carbons (Fsp3) is 0.500. The van der Waals surface area contributed by atoms with Gasteiger partial charge in [0.2, 0.25) is 10.0 Å². The van der Waals surface area contributed by atoms with E-state index in [1.807, 2.05) is 0 Å². The molecule has 0 aromatic carbocycles. The smallest absolute Gasteiger partial charge is 0.243 e. The number of aromatic amines is 1. The Morgan fingerprint density at radius 2 is 1.96 bits per heavy atom. The zero-order valence-electron chi connectivity index (χ0n) is 12.3. The number of hydrogen-bond acceptors (Lipinski definition) is 4. The quantitative estimate of drug-likeness (QED) is 0.766. The lowest BCUT2D eigenvalue weighted by atomic mass is 10.0. The van der Waals surface area contributed by atoms with Crippen molar-refractivity contribution in [3.63, 3.8) is 0 Å². The molecule has 9 heteroatoms. The van der Waals surface area contributed by atoms with Gasteiger partial charge >= 0.3 is 0 Å². The van der Waals surface area contributed by atoms with E-state index in [-0.39, 0.29) is 23.3 Å². The highest BCUT2D eigenvalue weighted by molar-refractivity contribution is 7.89. The van der Waals surface area contributed by atoms with Crippen molar-refractivity contribution in [2.75, 3.05) is 0 Å². The molecule has 0 saturated carbocycles. The van der Waals surface area contributed by atoms with Gasteiger partial charge in [0.1, 0.15) is 10.5 Å². The fourth-order valence-corrected chi connectivity index (χ4v) is 5.39. The van der Waals surface area contributed by atoms with E-state index in [9.17, 15) is 8.42 Å². The highest BCUT2D eigenvalue weighted by Crippen LogP contribution is 2.31. The van der Waals surface area contributed by atoms with Gasteiger partial charge in [0.25, 0.3) is 0 Å². The topological polar surface area (TPSA) is 86.9 Å². The second kappa shape index (κ2) is 6.22. The van der Waals surface area contributed by atoms with Gasteiger partial charge in [-0.3, -0.25) is 0 Å². The van der Waals surface area contributed by atoms with Crippen LogP contribution in [0.15, 0.2) is 23.4 Å². The van der Waals surface area contributed by atoms with Crippen LogP contribution in [-0.2, 0) is 10.0 Å². The third-order valence-electron chi connectivity index (χ3n) is 4.57. The summed E-state index contributed by atoms with van der Waals surface area (Å²) in [6.45, 7) is 0. The lowest BCUT2D eigenvalue weighted by Crippen LogP contribution is -2.47. The summed E-state index contributed by atoms with van der Waals surface area (Å²) in [6, 6.07) is 2.44. The molecule has 23 heavy (non-hydrogen) atoms. The van der Waals surface area contributed by atoms with E-state index in [0.29, 0.717) is 28.1 Å². The van der Waals surface area contributed by atoms with Crippen LogP contribution in [0, 0.1) is 0 Å². The van der Waals surface area contributed by atoms with Crippen LogP contribution < -0.4 is 10.0 Å². The van der Waals surface area contributed by atoms with Crippen molar-refractivity contribution in [3.05, 3.63) is 23.5 Å². The van der Waals surface area contributed by atoms with Crippen molar-refractivity contribution in [2.45, 2.75) is 48.7 Å². The van der Waals surface area contributed by atoms with Gasteiger partial charge in [0.05, 0.1) is 10.4 Å².